The molecule has 0 unspecified atom stereocenters. The number of pyridine rings is 1. The molecule has 0 saturated carbocycles. The summed E-state index contributed by atoms with van der Waals surface area (Å²) < 4.78 is 6.53. The van der Waals surface area contributed by atoms with Crippen LogP contribution in [0.1, 0.15) is 0 Å². The van der Waals surface area contributed by atoms with Crippen LogP contribution in [0.15, 0.2) is 174 Å². The number of hydrogen-bond acceptors (Lipinski definition) is 3. The summed E-state index contributed by atoms with van der Waals surface area (Å²) in [6.45, 7) is 0. The normalized spacial score (nSPS) is 11.5. The molecule has 0 aliphatic carbocycles. The van der Waals surface area contributed by atoms with Gasteiger partial charge in [-0.2, -0.15) is 0 Å². The highest BCUT2D eigenvalue weighted by molar-refractivity contribution is 6.17. The molecule has 0 fully saturated rings. The lowest BCUT2D eigenvalue weighted by atomic mass is 9.98. The molecule has 3 nitrogen and oxygen atoms in total. The first-order chi connectivity index (χ1) is 22.8. The fourth-order valence-electron chi connectivity index (χ4n) is 6.69. The highest BCUT2D eigenvalue weighted by Crippen LogP contribution is 2.44. The van der Waals surface area contributed by atoms with Crippen molar-refractivity contribution in [3.63, 3.8) is 0 Å². The Morgan fingerprint density at radius 2 is 1.07 bits per heavy atom. The Bertz CT molecular complexity index is 2510. The maximum atomic E-state index is 6.53. The number of benzene rings is 7. The van der Waals surface area contributed by atoms with E-state index in [0.717, 1.165) is 49.9 Å². The van der Waals surface area contributed by atoms with Crippen molar-refractivity contribution in [2.45, 2.75) is 0 Å². The maximum absolute atomic E-state index is 6.53. The Hall–Kier alpha value is -6.19. The third-order valence-electron chi connectivity index (χ3n) is 8.90. The van der Waals surface area contributed by atoms with Crippen LogP contribution in [0.2, 0.25) is 0 Å². The van der Waals surface area contributed by atoms with E-state index < -0.39 is 0 Å². The second-order valence-corrected chi connectivity index (χ2v) is 11.6. The van der Waals surface area contributed by atoms with Gasteiger partial charge in [0.05, 0.1) is 11.1 Å². The van der Waals surface area contributed by atoms with E-state index in [-0.39, 0.29) is 0 Å². The average Bonchev–Trinajstić information content (AvgIpc) is 3.52. The summed E-state index contributed by atoms with van der Waals surface area (Å²) in [5, 5.41) is 5.58. The number of para-hydroxylation sites is 1. The molecule has 46 heavy (non-hydrogen) atoms. The van der Waals surface area contributed by atoms with E-state index in [4.69, 9.17) is 9.40 Å². The highest BCUT2D eigenvalue weighted by Gasteiger charge is 2.20. The number of hydrogen-bond donors (Lipinski definition) is 0. The van der Waals surface area contributed by atoms with Gasteiger partial charge in [-0.3, -0.25) is 4.98 Å². The summed E-state index contributed by atoms with van der Waals surface area (Å²) in [7, 11) is 0. The van der Waals surface area contributed by atoms with E-state index in [2.05, 4.69) is 150 Å². The molecule has 3 heteroatoms. The summed E-state index contributed by atoms with van der Waals surface area (Å²) in [5.74, 6) is 0. The van der Waals surface area contributed by atoms with Gasteiger partial charge in [-0.1, -0.05) is 121 Å². The monoisotopic (exact) mass is 588 g/mol. The van der Waals surface area contributed by atoms with Crippen LogP contribution in [0.4, 0.5) is 17.1 Å². The van der Waals surface area contributed by atoms with Crippen molar-refractivity contribution in [3.8, 4) is 22.3 Å². The Morgan fingerprint density at radius 1 is 0.457 bits per heavy atom. The van der Waals surface area contributed by atoms with Gasteiger partial charge >= 0.3 is 0 Å². The Kier molecular flexibility index (Phi) is 6.14. The van der Waals surface area contributed by atoms with Crippen LogP contribution >= 0.6 is 0 Å². The van der Waals surface area contributed by atoms with Gasteiger partial charge in [-0.05, 0) is 75.5 Å². The van der Waals surface area contributed by atoms with Gasteiger partial charge in [0.15, 0.2) is 5.58 Å². The molecule has 0 atom stereocenters. The largest absolute Gasteiger partial charge is 0.454 e. The van der Waals surface area contributed by atoms with E-state index in [1.54, 1.807) is 0 Å². The summed E-state index contributed by atoms with van der Waals surface area (Å²) in [4.78, 5) is 7.18. The molecular weight excluding hydrogens is 560 g/mol. The van der Waals surface area contributed by atoms with Crippen LogP contribution in [0.5, 0.6) is 0 Å². The minimum atomic E-state index is 0.799. The summed E-state index contributed by atoms with van der Waals surface area (Å²) in [5.41, 5.74) is 10.5. The van der Waals surface area contributed by atoms with Crippen LogP contribution in [0, 0.1) is 0 Å². The zero-order valence-electron chi connectivity index (χ0n) is 25.0. The van der Waals surface area contributed by atoms with E-state index >= 15 is 0 Å². The van der Waals surface area contributed by atoms with Crippen molar-refractivity contribution in [2.75, 3.05) is 4.90 Å². The molecule has 0 radical (unpaired) electrons. The predicted molar refractivity (Wildman–Crippen MR) is 192 cm³/mol. The SMILES string of the molecule is c1ccc(-c2ccc(N(c3ccc(-c4cccc5ccccc45)cc3)c3cccc4cnc5c6ccccc6oc5c34)cc2)cc1. The number of aromatic nitrogens is 1. The van der Waals surface area contributed by atoms with Gasteiger partial charge in [-0.25, -0.2) is 0 Å². The second kappa shape index (κ2) is 10.8. The molecule has 2 heterocycles. The van der Waals surface area contributed by atoms with Gasteiger partial charge in [0, 0.05) is 28.3 Å². The molecule has 0 N–H and O–H groups in total. The first kappa shape index (κ1) is 26.2. The molecule has 9 rings (SSSR count). The van der Waals surface area contributed by atoms with Gasteiger partial charge in [0.1, 0.15) is 11.1 Å². The molecule has 0 bridgehead atoms. The van der Waals surface area contributed by atoms with Crippen LogP contribution in [0.3, 0.4) is 0 Å². The minimum absolute atomic E-state index is 0.799. The van der Waals surface area contributed by atoms with E-state index in [9.17, 15) is 0 Å². The highest BCUT2D eigenvalue weighted by atomic mass is 16.3. The lowest BCUT2D eigenvalue weighted by molar-refractivity contribution is 0.672. The van der Waals surface area contributed by atoms with Crippen molar-refractivity contribution in [1.29, 1.82) is 0 Å². The molecule has 7 aromatic carbocycles. The zero-order valence-corrected chi connectivity index (χ0v) is 25.0. The smallest absolute Gasteiger partial charge is 0.163 e. The summed E-state index contributed by atoms with van der Waals surface area (Å²) in [6, 6.07) is 57.8. The fourth-order valence-corrected chi connectivity index (χ4v) is 6.69. The Labute approximate surface area is 266 Å². The van der Waals surface area contributed by atoms with Gasteiger partial charge < -0.3 is 9.32 Å². The Morgan fingerprint density at radius 3 is 1.87 bits per heavy atom. The maximum Gasteiger partial charge on any atom is 0.163 e. The molecular formula is C43H28N2O. The van der Waals surface area contributed by atoms with Gasteiger partial charge in [0.2, 0.25) is 0 Å². The molecule has 0 spiro atoms. The molecule has 2 aromatic heterocycles. The topological polar surface area (TPSA) is 29.3 Å². The first-order valence-electron chi connectivity index (χ1n) is 15.5. The minimum Gasteiger partial charge on any atom is -0.454 e. The average molecular weight is 589 g/mol. The number of anilines is 3. The molecule has 9 aromatic rings. The summed E-state index contributed by atoms with van der Waals surface area (Å²) in [6.07, 6.45) is 1.96. The number of rotatable bonds is 5. The van der Waals surface area contributed by atoms with Crippen LogP contribution in [-0.2, 0) is 0 Å². The Balaban J connectivity index is 1.25. The number of fused-ring (bicyclic) bond motifs is 6. The molecule has 0 aliphatic heterocycles. The van der Waals surface area contributed by atoms with E-state index in [1.807, 2.05) is 24.4 Å². The van der Waals surface area contributed by atoms with Gasteiger partial charge in [0.25, 0.3) is 0 Å². The lowest BCUT2D eigenvalue weighted by Crippen LogP contribution is -2.10. The van der Waals surface area contributed by atoms with Crippen molar-refractivity contribution < 1.29 is 4.42 Å². The third-order valence-corrected chi connectivity index (χ3v) is 8.90. The molecule has 216 valence electrons. The van der Waals surface area contributed by atoms with Crippen molar-refractivity contribution in [3.05, 3.63) is 170 Å². The first-order valence-corrected chi connectivity index (χ1v) is 15.5. The van der Waals surface area contributed by atoms with Crippen LogP contribution in [-0.4, -0.2) is 4.98 Å². The standard InChI is InChI=1S/C43H28N2O/c1-2-10-29(11-3-1)30-20-24-34(25-21-30)45(35-26-22-32(23-27-35)37-17-8-13-31-12-4-5-15-36(31)37)39-18-9-14-33-28-44-42-38-16-6-7-19-40(38)46-43(42)41(33)39/h1-28H. The van der Waals surface area contributed by atoms with Crippen molar-refractivity contribution in [1.82, 2.24) is 4.98 Å². The van der Waals surface area contributed by atoms with E-state index in [1.165, 1.54) is 33.0 Å². The van der Waals surface area contributed by atoms with Crippen LogP contribution < -0.4 is 4.90 Å². The molecule has 0 aliphatic rings. The van der Waals surface area contributed by atoms with Crippen molar-refractivity contribution >= 4 is 60.7 Å². The number of nitrogens with zero attached hydrogens (tertiary/aromatic N) is 2. The molecule has 0 saturated heterocycles. The fraction of sp³-hybridized carbons (Fsp3) is 0. The molecule has 0 amide bonds. The number of furan rings is 1. The predicted octanol–water partition coefficient (Wildman–Crippen LogP) is 12.1. The van der Waals surface area contributed by atoms with Crippen LogP contribution in [0.25, 0.3) is 65.9 Å². The van der Waals surface area contributed by atoms with Crippen molar-refractivity contribution in [2.24, 2.45) is 0 Å². The quantitative estimate of drug-likeness (QED) is 0.200. The zero-order chi connectivity index (χ0) is 30.5. The summed E-state index contributed by atoms with van der Waals surface area (Å²) >= 11 is 0. The van der Waals surface area contributed by atoms with E-state index in [0.29, 0.717) is 0 Å². The third kappa shape index (κ3) is 4.33. The lowest BCUT2D eigenvalue weighted by Gasteiger charge is -2.27. The second-order valence-electron chi connectivity index (χ2n) is 11.6. The van der Waals surface area contributed by atoms with Gasteiger partial charge in [-0.15, -0.1) is 0 Å².